The molecular weight excluding hydrogens is 124 g/mol. The summed E-state index contributed by atoms with van der Waals surface area (Å²) in [5.74, 6) is 1.59. The quantitative estimate of drug-likeness (QED) is 0.545. The van der Waals surface area contributed by atoms with Crippen molar-refractivity contribution < 1.29 is 5.11 Å². The van der Waals surface area contributed by atoms with Gasteiger partial charge in [-0.05, 0) is 44.4 Å². The Labute approximate surface area is 62.4 Å². The minimum Gasteiger partial charge on any atom is -0.390 e. The van der Waals surface area contributed by atoms with E-state index < -0.39 is 0 Å². The first-order chi connectivity index (χ1) is 4.68. The predicted octanol–water partition coefficient (Wildman–Crippen LogP) is 1.95. The van der Waals surface area contributed by atoms with E-state index in [-0.39, 0.29) is 5.60 Å². The van der Waals surface area contributed by atoms with Gasteiger partial charge in [-0.15, -0.1) is 0 Å². The molecule has 58 valence electrons. The van der Waals surface area contributed by atoms with Crippen LogP contribution in [0.1, 0.15) is 39.0 Å². The van der Waals surface area contributed by atoms with Crippen molar-refractivity contribution in [3.05, 3.63) is 0 Å². The summed E-state index contributed by atoms with van der Waals surface area (Å²) < 4.78 is 0. The van der Waals surface area contributed by atoms with Gasteiger partial charge >= 0.3 is 0 Å². The van der Waals surface area contributed by atoms with Gasteiger partial charge in [-0.1, -0.05) is 6.42 Å². The van der Waals surface area contributed by atoms with Crippen LogP contribution in [0.15, 0.2) is 0 Å². The van der Waals surface area contributed by atoms with Crippen molar-refractivity contribution in [3.63, 3.8) is 0 Å². The monoisotopic (exact) mass is 140 g/mol. The molecule has 0 heterocycles. The molecule has 0 unspecified atom stereocenters. The largest absolute Gasteiger partial charge is 0.390 e. The topological polar surface area (TPSA) is 20.2 Å². The molecule has 1 nitrogen and oxygen atoms in total. The predicted molar refractivity (Wildman–Crippen MR) is 40.7 cm³/mol. The summed E-state index contributed by atoms with van der Waals surface area (Å²) in [5, 5.41) is 9.86. The van der Waals surface area contributed by atoms with E-state index in [1.54, 1.807) is 0 Å². The summed E-state index contributed by atoms with van der Waals surface area (Å²) >= 11 is 0. The Morgan fingerprint density at radius 3 is 2.80 bits per heavy atom. The Morgan fingerprint density at radius 1 is 1.30 bits per heavy atom. The van der Waals surface area contributed by atoms with Gasteiger partial charge in [0.2, 0.25) is 0 Å². The normalized spacial score (nSPS) is 53.4. The Hall–Kier alpha value is -0.0400. The van der Waals surface area contributed by atoms with Crippen LogP contribution in [0.4, 0.5) is 0 Å². The Kier molecular flexibility index (Phi) is 1.31. The van der Waals surface area contributed by atoms with E-state index in [0.717, 1.165) is 12.3 Å². The zero-order chi connectivity index (χ0) is 7.19. The minimum atomic E-state index is -0.312. The van der Waals surface area contributed by atoms with Gasteiger partial charge in [-0.2, -0.15) is 0 Å². The Bertz CT molecular complexity index is 140. The van der Waals surface area contributed by atoms with Gasteiger partial charge in [0.25, 0.3) is 0 Å². The van der Waals surface area contributed by atoms with E-state index in [4.69, 9.17) is 0 Å². The fourth-order valence-corrected chi connectivity index (χ4v) is 2.60. The van der Waals surface area contributed by atoms with Crippen LogP contribution in [-0.2, 0) is 0 Å². The molecule has 0 aliphatic heterocycles. The molecule has 0 spiro atoms. The molecule has 0 amide bonds. The number of aliphatic hydroxyl groups is 1. The average molecular weight is 140 g/mol. The molecule has 2 rings (SSSR count). The number of hydrogen-bond donors (Lipinski definition) is 1. The summed E-state index contributed by atoms with van der Waals surface area (Å²) in [7, 11) is 0. The van der Waals surface area contributed by atoms with Crippen LogP contribution in [0.5, 0.6) is 0 Å². The smallest absolute Gasteiger partial charge is 0.0648 e. The molecule has 3 atom stereocenters. The van der Waals surface area contributed by atoms with Crippen molar-refractivity contribution in [1.82, 2.24) is 0 Å². The molecule has 0 aromatic carbocycles. The number of hydrogen-bond acceptors (Lipinski definition) is 1. The maximum absolute atomic E-state index is 9.86. The Morgan fingerprint density at radius 2 is 2.10 bits per heavy atom. The fraction of sp³-hybridized carbons (Fsp3) is 1.00. The highest BCUT2D eigenvalue weighted by Gasteiger charge is 2.42. The molecule has 2 bridgehead atoms. The molecule has 0 aromatic heterocycles. The van der Waals surface area contributed by atoms with Crippen molar-refractivity contribution in [2.45, 2.75) is 44.6 Å². The van der Waals surface area contributed by atoms with Crippen molar-refractivity contribution in [2.24, 2.45) is 11.8 Å². The van der Waals surface area contributed by atoms with E-state index in [2.05, 4.69) is 0 Å². The van der Waals surface area contributed by atoms with Crippen LogP contribution >= 0.6 is 0 Å². The second-order valence-corrected chi connectivity index (χ2v) is 4.27. The molecule has 2 saturated carbocycles. The molecule has 2 aliphatic rings. The molecule has 0 aromatic rings. The molecule has 0 radical (unpaired) electrons. The molecule has 0 saturated heterocycles. The molecule has 10 heavy (non-hydrogen) atoms. The second kappa shape index (κ2) is 1.97. The van der Waals surface area contributed by atoms with E-state index in [0.29, 0.717) is 5.92 Å². The van der Waals surface area contributed by atoms with Gasteiger partial charge in [0.05, 0.1) is 5.60 Å². The first-order valence-electron chi connectivity index (χ1n) is 4.41. The molecule has 1 N–H and O–H groups in total. The van der Waals surface area contributed by atoms with Crippen molar-refractivity contribution in [3.8, 4) is 0 Å². The van der Waals surface area contributed by atoms with Crippen LogP contribution in [0.2, 0.25) is 0 Å². The van der Waals surface area contributed by atoms with Crippen LogP contribution in [0, 0.1) is 11.8 Å². The van der Waals surface area contributed by atoms with Crippen LogP contribution in [0.25, 0.3) is 0 Å². The summed E-state index contributed by atoms with van der Waals surface area (Å²) in [4.78, 5) is 0. The van der Waals surface area contributed by atoms with Gasteiger partial charge in [-0.25, -0.2) is 0 Å². The Balaban J connectivity index is 2.14. The van der Waals surface area contributed by atoms with Gasteiger partial charge in [0.1, 0.15) is 0 Å². The highest BCUT2D eigenvalue weighted by Crippen LogP contribution is 2.47. The summed E-state index contributed by atoms with van der Waals surface area (Å²) in [6.45, 7) is 2.01. The van der Waals surface area contributed by atoms with Gasteiger partial charge in [0, 0.05) is 0 Å². The van der Waals surface area contributed by atoms with E-state index >= 15 is 0 Å². The number of rotatable bonds is 0. The van der Waals surface area contributed by atoms with Gasteiger partial charge in [-0.3, -0.25) is 0 Å². The maximum atomic E-state index is 9.86. The zero-order valence-electron chi connectivity index (χ0n) is 6.64. The highest BCUT2D eigenvalue weighted by molar-refractivity contribution is 4.93. The van der Waals surface area contributed by atoms with Crippen molar-refractivity contribution in [2.75, 3.05) is 0 Å². The van der Waals surface area contributed by atoms with Gasteiger partial charge < -0.3 is 5.11 Å². The molecule has 2 fully saturated rings. The summed E-state index contributed by atoms with van der Waals surface area (Å²) in [6, 6.07) is 0. The lowest BCUT2D eigenvalue weighted by molar-refractivity contribution is -0.0254. The van der Waals surface area contributed by atoms with Crippen LogP contribution < -0.4 is 0 Å². The SMILES string of the molecule is C[C@]1(O)CC[C@H]2CC[C@@H]1C2. The lowest BCUT2D eigenvalue weighted by Crippen LogP contribution is -2.35. The third-order valence-electron chi connectivity index (χ3n) is 3.48. The summed E-state index contributed by atoms with van der Waals surface area (Å²) in [5.41, 5.74) is -0.312. The van der Waals surface area contributed by atoms with E-state index in [1.165, 1.54) is 25.7 Å². The third kappa shape index (κ3) is 0.878. The summed E-state index contributed by atoms with van der Waals surface area (Å²) in [6.07, 6.45) is 6.26. The van der Waals surface area contributed by atoms with Crippen LogP contribution in [0.3, 0.4) is 0 Å². The molecule has 1 heteroatoms. The second-order valence-electron chi connectivity index (χ2n) is 4.27. The first kappa shape index (κ1) is 6.66. The lowest BCUT2D eigenvalue weighted by atomic mass is 9.77. The lowest BCUT2D eigenvalue weighted by Gasteiger charge is -2.34. The average Bonchev–Trinajstić information content (AvgIpc) is 2.26. The van der Waals surface area contributed by atoms with Gasteiger partial charge in [0.15, 0.2) is 0 Å². The molecule has 2 aliphatic carbocycles. The molecular formula is C9H16O. The van der Waals surface area contributed by atoms with E-state index in [1.807, 2.05) is 6.92 Å². The number of fused-ring (bicyclic) bond motifs is 2. The third-order valence-corrected chi connectivity index (χ3v) is 3.48. The first-order valence-corrected chi connectivity index (χ1v) is 4.41. The fourth-order valence-electron chi connectivity index (χ4n) is 2.60. The highest BCUT2D eigenvalue weighted by atomic mass is 16.3. The van der Waals surface area contributed by atoms with Crippen LogP contribution in [-0.4, -0.2) is 10.7 Å². The maximum Gasteiger partial charge on any atom is 0.0648 e. The standard InChI is InChI=1S/C9H16O/c1-9(10)5-4-7-2-3-8(9)6-7/h7-8,10H,2-6H2,1H3/t7-,8-,9+/m1/s1. The zero-order valence-corrected chi connectivity index (χ0v) is 6.64. The van der Waals surface area contributed by atoms with Crippen molar-refractivity contribution in [1.29, 1.82) is 0 Å². The van der Waals surface area contributed by atoms with E-state index in [9.17, 15) is 5.11 Å². The minimum absolute atomic E-state index is 0.312. The van der Waals surface area contributed by atoms with Crippen molar-refractivity contribution >= 4 is 0 Å².